The second kappa shape index (κ2) is 5.51. The molecule has 0 bridgehead atoms. The number of hydrazine groups is 1. The molecule has 0 unspecified atom stereocenters. The molecule has 0 saturated carbocycles. The molecule has 0 aliphatic rings. The van der Waals surface area contributed by atoms with E-state index in [0.717, 1.165) is 0 Å². The number of rotatable bonds is 4. The third-order valence-corrected chi connectivity index (χ3v) is 2.35. The lowest BCUT2D eigenvalue weighted by Crippen LogP contribution is -2.40. The van der Waals surface area contributed by atoms with Gasteiger partial charge in [0.15, 0.2) is 6.10 Å². The Bertz CT molecular complexity index is 364. The van der Waals surface area contributed by atoms with Gasteiger partial charge in [0.2, 0.25) is 0 Å². The molecule has 0 heterocycles. The third-order valence-electron chi connectivity index (χ3n) is 2.35. The quantitative estimate of drug-likeness (QED) is 0.461. The molecule has 0 aliphatic carbocycles. The summed E-state index contributed by atoms with van der Waals surface area (Å²) >= 11 is 0. The summed E-state index contributed by atoms with van der Waals surface area (Å²) in [5.74, 6) is 5.80. The number of nitrogens with two attached hydrogens (primary N) is 1. The van der Waals surface area contributed by atoms with Crippen molar-refractivity contribution in [2.24, 2.45) is 5.84 Å². The second-order valence-electron chi connectivity index (χ2n) is 4.00. The molecular weight excluding hydrogens is 204 g/mol. The van der Waals surface area contributed by atoms with Crippen molar-refractivity contribution in [1.82, 2.24) is 5.43 Å². The zero-order chi connectivity index (χ0) is 12.1. The largest absolute Gasteiger partial charge is 0.481 e. The van der Waals surface area contributed by atoms with Crippen LogP contribution in [0.4, 0.5) is 0 Å². The van der Waals surface area contributed by atoms with Crippen LogP contribution in [0.5, 0.6) is 5.75 Å². The van der Waals surface area contributed by atoms with Crippen LogP contribution in [-0.2, 0) is 4.79 Å². The van der Waals surface area contributed by atoms with E-state index in [0.29, 0.717) is 11.7 Å². The van der Waals surface area contributed by atoms with E-state index >= 15 is 0 Å². The molecule has 4 heteroatoms. The minimum atomic E-state index is -0.590. The molecule has 1 aromatic rings. The molecule has 0 aliphatic heterocycles. The SMILES string of the molecule is CC(C)c1cccc(O[C@H](C)C(=O)NN)c1. The van der Waals surface area contributed by atoms with E-state index in [9.17, 15) is 4.79 Å². The predicted molar refractivity (Wildman–Crippen MR) is 63.0 cm³/mol. The molecule has 4 nitrogen and oxygen atoms in total. The number of benzene rings is 1. The van der Waals surface area contributed by atoms with Crippen molar-refractivity contribution in [2.75, 3.05) is 0 Å². The molecule has 0 fully saturated rings. The van der Waals surface area contributed by atoms with Crippen LogP contribution in [0.3, 0.4) is 0 Å². The van der Waals surface area contributed by atoms with E-state index < -0.39 is 6.10 Å². The van der Waals surface area contributed by atoms with Crippen LogP contribution in [-0.4, -0.2) is 12.0 Å². The molecule has 0 aromatic heterocycles. The highest BCUT2D eigenvalue weighted by Gasteiger charge is 2.13. The van der Waals surface area contributed by atoms with Crippen LogP contribution < -0.4 is 16.0 Å². The molecular formula is C12H18N2O2. The Hall–Kier alpha value is -1.55. The molecule has 88 valence electrons. The molecule has 1 atom stereocenters. The molecule has 0 saturated heterocycles. The van der Waals surface area contributed by atoms with Crippen molar-refractivity contribution in [3.8, 4) is 5.75 Å². The highest BCUT2D eigenvalue weighted by atomic mass is 16.5. The summed E-state index contributed by atoms with van der Waals surface area (Å²) in [6, 6.07) is 7.71. The lowest BCUT2D eigenvalue weighted by Gasteiger charge is -2.14. The Morgan fingerprint density at radius 3 is 2.62 bits per heavy atom. The third kappa shape index (κ3) is 3.24. The van der Waals surface area contributed by atoms with E-state index in [4.69, 9.17) is 10.6 Å². The first kappa shape index (κ1) is 12.5. The Kier molecular flexibility index (Phi) is 4.31. The second-order valence-corrected chi connectivity index (χ2v) is 4.00. The average Bonchev–Trinajstić information content (AvgIpc) is 2.28. The Labute approximate surface area is 95.8 Å². The summed E-state index contributed by atoms with van der Waals surface area (Å²) in [5.41, 5.74) is 3.24. The van der Waals surface area contributed by atoms with E-state index in [1.54, 1.807) is 6.92 Å². The Balaban J connectivity index is 2.74. The maximum Gasteiger partial charge on any atom is 0.274 e. The fourth-order valence-electron chi connectivity index (χ4n) is 1.32. The monoisotopic (exact) mass is 222 g/mol. The van der Waals surface area contributed by atoms with E-state index in [2.05, 4.69) is 19.3 Å². The molecule has 0 radical (unpaired) electrons. The van der Waals surface area contributed by atoms with Crippen LogP contribution in [0.25, 0.3) is 0 Å². The molecule has 1 aromatic carbocycles. The molecule has 16 heavy (non-hydrogen) atoms. The van der Waals surface area contributed by atoms with Crippen LogP contribution >= 0.6 is 0 Å². The number of carbonyl (C=O) groups excluding carboxylic acids is 1. The summed E-state index contributed by atoms with van der Waals surface area (Å²) < 4.78 is 5.47. The van der Waals surface area contributed by atoms with Crippen LogP contribution in [0.2, 0.25) is 0 Å². The van der Waals surface area contributed by atoms with Crippen molar-refractivity contribution in [2.45, 2.75) is 32.8 Å². The van der Waals surface area contributed by atoms with E-state index in [1.807, 2.05) is 24.3 Å². The predicted octanol–water partition coefficient (Wildman–Crippen LogP) is 1.57. The van der Waals surface area contributed by atoms with Gasteiger partial charge in [-0.05, 0) is 30.5 Å². The summed E-state index contributed by atoms with van der Waals surface area (Å²) in [4.78, 5) is 11.2. The van der Waals surface area contributed by atoms with Crippen LogP contribution in [0.1, 0.15) is 32.3 Å². The van der Waals surface area contributed by atoms with Gasteiger partial charge in [0.1, 0.15) is 5.75 Å². The van der Waals surface area contributed by atoms with Gasteiger partial charge in [-0.1, -0.05) is 26.0 Å². The van der Waals surface area contributed by atoms with Gasteiger partial charge in [-0.25, -0.2) is 5.84 Å². The highest BCUT2D eigenvalue weighted by Crippen LogP contribution is 2.20. The fraction of sp³-hybridized carbons (Fsp3) is 0.417. The lowest BCUT2D eigenvalue weighted by molar-refractivity contribution is -0.127. The fourth-order valence-corrected chi connectivity index (χ4v) is 1.32. The number of hydrogen-bond acceptors (Lipinski definition) is 3. The number of amides is 1. The molecule has 3 N–H and O–H groups in total. The number of carbonyl (C=O) groups is 1. The van der Waals surface area contributed by atoms with Gasteiger partial charge >= 0.3 is 0 Å². The Morgan fingerprint density at radius 2 is 2.06 bits per heavy atom. The average molecular weight is 222 g/mol. The van der Waals surface area contributed by atoms with Gasteiger partial charge in [0.05, 0.1) is 0 Å². The Morgan fingerprint density at radius 1 is 1.38 bits per heavy atom. The minimum absolute atomic E-state index is 0.338. The first-order valence-corrected chi connectivity index (χ1v) is 5.31. The number of nitrogens with one attached hydrogen (secondary N) is 1. The van der Waals surface area contributed by atoms with Crippen molar-refractivity contribution >= 4 is 5.91 Å². The van der Waals surface area contributed by atoms with Crippen molar-refractivity contribution in [1.29, 1.82) is 0 Å². The van der Waals surface area contributed by atoms with Gasteiger partial charge in [-0.2, -0.15) is 0 Å². The normalized spacial score (nSPS) is 12.3. The zero-order valence-electron chi connectivity index (χ0n) is 9.86. The van der Waals surface area contributed by atoms with Crippen LogP contribution in [0, 0.1) is 0 Å². The van der Waals surface area contributed by atoms with E-state index in [-0.39, 0.29) is 5.91 Å². The van der Waals surface area contributed by atoms with Gasteiger partial charge in [-0.3, -0.25) is 10.2 Å². The summed E-state index contributed by atoms with van der Waals surface area (Å²) in [6.45, 7) is 5.87. The van der Waals surface area contributed by atoms with Gasteiger partial charge in [-0.15, -0.1) is 0 Å². The topological polar surface area (TPSA) is 64.3 Å². The minimum Gasteiger partial charge on any atom is -0.481 e. The smallest absolute Gasteiger partial charge is 0.274 e. The number of ether oxygens (including phenoxy) is 1. The number of hydrogen-bond donors (Lipinski definition) is 2. The van der Waals surface area contributed by atoms with Gasteiger partial charge < -0.3 is 4.74 Å². The maximum atomic E-state index is 11.2. The summed E-state index contributed by atoms with van der Waals surface area (Å²) in [6.07, 6.45) is -0.590. The zero-order valence-corrected chi connectivity index (χ0v) is 9.86. The summed E-state index contributed by atoms with van der Waals surface area (Å²) in [7, 11) is 0. The van der Waals surface area contributed by atoms with Crippen molar-refractivity contribution in [3.05, 3.63) is 29.8 Å². The molecule has 1 amide bonds. The first-order valence-electron chi connectivity index (χ1n) is 5.31. The molecule has 1 rings (SSSR count). The van der Waals surface area contributed by atoms with Crippen molar-refractivity contribution < 1.29 is 9.53 Å². The standard InChI is InChI=1S/C12H18N2O2/c1-8(2)10-5-4-6-11(7-10)16-9(3)12(15)14-13/h4-9H,13H2,1-3H3,(H,14,15)/t9-/m1/s1. The highest BCUT2D eigenvalue weighted by molar-refractivity contribution is 5.80. The van der Waals surface area contributed by atoms with E-state index in [1.165, 1.54) is 5.56 Å². The maximum absolute atomic E-state index is 11.2. The summed E-state index contributed by atoms with van der Waals surface area (Å²) in [5, 5.41) is 0. The van der Waals surface area contributed by atoms with Gasteiger partial charge in [0.25, 0.3) is 5.91 Å². The van der Waals surface area contributed by atoms with Gasteiger partial charge in [0, 0.05) is 0 Å². The first-order chi connectivity index (χ1) is 7.54. The van der Waals surface area contributed by atoms with Crippen molar-refractivity contribution in [3.63, 3.8) is 0 Å². The molecule has 0 spiro atoms. The van der Waals surface area contributed by atoms with Crippen LogP contribution in [0.15, 0.2) is 24.3 Å². The lowest BCUT2D eigenvalue weighted by atomic mass is 10.0.